The van der Waals surface area contributed by atoms with E-state index < -0.39 is 6.17 Å². The van der Waals surface area contributed by atoms with Crippen molar-refractivity contribution in [3.63, 3.8) is 0 Å². The average Bonchev–Trinajstić information content (AvgIpc) is 3.41. The monoisotopic (exact) mass is 437 g/mol. The van der Waals surface area contributed by atoms with Crippen molar-refractivity contribution < 1.29 is 4.39 Å². The second-order valence-corrected chi connectivity index (χ2v) is 8.03. The Labute approximate surface area is 189 Å². The van der Waals surface area contributed by atoms with Gasteiger partial charge in [-0.3, -0.25) is 9.88 Å². The molecule has 5 aromatic rings. The molecule has 0 spiro atoms. The highest BCUT2D eigenvalue weighted by molar-refractivity contribution is 5.95. The molecule has 162 valence electrons. The van der Waals surface area contributed by atoms with Crippen molar-refractivity contribution in [3.05, 3.63) is 95.9 Å². The third-order valence-corrected chi connectivity index (χ3v) is 5.75. The van der Waals surface area contributed by atoms with Crippen LogP contribution in [0.25, 0.3) is 28.0 Å². The molecule has 0 unspecified atom stereocenters. The molecular formula is C25H20FN7. The van der Waals surface area contributed by atoms with E-state index in [1.165, 1.54) is 12.1 Å². The molecule has 33 heavy (non-hydrogen) atoms. The molecule has 2 aromatic heterocycles. The number of aryl methyl sites for hydroxylation is 1. The number of hydrogen-bond donors (Lipinski definition) is 2. The van der Waals surface area contributed by atoms with Crippen molar-refractivity contribution in [2.45, 2.75) is 13.1 Å². The lowest BCUT2D eigenvalue weighted by molar-refractivity contribution is 0.625. The van der Waals surface area contributed by atoms with Gasteiger partial charge in [0.15, 0.2) is 12.1 Å². The summed E-state index contributed by atoms with van der Waals surface area (Å²) in [5, 5.41) is 7.96. The fourth-order valence-electron chi connectivity index (χ4n) is 4.24. The number of nitrogens with one attached hydrogen (secondary N) is 1. The number of guanidine groups is 1. The van der Waals surface area contributed by atoms with Crippen LogP contribution in [0.2, 0.25) is 0 Å². The fourth-order valence-corrected chi connectivity index (χ4v) is 4.24. The molecule has 0 saturated carbocycles. The largest absolute Gasteiger partial charge is 0.370 e. The van der Waals surface area contributed by atoms with Gasteiger partial charge in [0.05, 0.1) is 22.4 Å². The number of nitrogens with two attached hydrogens (primary N) is 1. The van der Waals surface area contributed by atoms with Gasteiger partial charge in [-0.25, -0.2) is 19.0 Å². The number of benzene rings is 3. The Kier molecular flexibility index (Phi) is 4.26. The van der Waals surface area contributed by atoms with E-state index in [1.807, 2.05) is 60.2 Å². The summed E-state index contributed by atoms with van der Waals surface area (Å²) in [6.07, 6.45) is 1.45. The number of nitrogens with zero attached hydrogens (tertiary/aromatic N) is 5. The van der Waals surface area contributed by atoms with Gasteiger partial charge in [0, 0.05) is 17.3 Å². The molecule has 3 aromatic carbocycles. The molecule has 0 saturated heterocycles. The van der Waals surface area contributed by atoms with E-state index >= 15 is 0 Å². The molecule has 3 N–H and O–H groups in total. The Bertz CT molecular complexity index is 1530. The van der Waals surface area contributed by atoms with Crippen LogP contribution in [0.5, 0.6) is 0 Å². The van der Waals surface area contributed by atoms with Gasteiger partial charge in [0.2, 0.25) is 5.95 Å². The number of rotatable bonds is 3. The molecule has 1 aliphatic heterocycles. The molecule has 3 heterocycles. The van der Waals surface area contributed by atoms with Crippen molar-refractivity contribution >= 4 is 22.9 Å². The lowest BCUT2D eigenvalue weighted by Crippen LogP contribution is -2.31. The number of fused-ring (bicyclic) bond motifs is 3. The molecule has 0 aliphatic carbocycles. The van der Waals surface area contributed by atoms with Crippen molar-refractivity contribution in [1.82, 2.24) is 19.3 Å². The number of aromatic nitrogens is 4. The van der Waals surface area contributed by atoms with Crippen LogP contribution in [0.3, 0.4) is 0 Å². The molecule has 0 bridgehead atoms. The maximum absolute atomic E-state index is 13.5. The molecule has 1 atom stereocenters. The summed E-state index contributed by atoms with van der Waals surface area (Å²) in [7, 11) is 0. The van der Waals surface area contributed by atoms with Crippen LogP contribution in [0, 0.1) is 12.7 Å². The van der Waals surface area contributed by atoms with Crippen LogP contribution in [0.1, 0.15) is 17.3 Å². The van der Waals surface area contributed by atoms with Gasteiger partial charge in [0.25, 0.3) is 0 Å². The van der Waals surface area contributed by atoms with E-state index in [0.29, 0.717) is 5.95 Å². The van der Waals surface area contributed by atoms with E-state index in [1.54, 1.807) is 16.8 Å². The minimum atomic E-state index is -0.474. The molecule has 6 rings (SSSR count). The quantitative estimate of drug-likeness (QED) is 0.431. The first-order valence-corrected chi connectivity index (χ1v) is 10.6. The van der Waals surface area contributed by atoms with E-state index in [9.17, 15) is 4.39 Å². The van der Waals surface area contributed by atoms with Crippen LogP contribution in [-0.2, 0) is 0 Å². The first kappa shape index (κ1) is 19.2. The summed E-state index contributed by atoms with van der Waals surface area (Å²) >= 11 is 0. The van der Waals surface area contributed by atoms with E-state index in [4.69, 9.17) is 20.8 Å². The number of imidazole rings is 1. The summed E-state index contributed by atoms with van der Waals surface area (Å²) in [6.45, 7) is 2.04. The summed E-state index contributed by atoms with van der Waals surface area (Å²) < 4.78 is 17.3. The van der Waals surface area contributed by atoms with E-state index in [2.05, 4.69) is 11.4 Å². The highest BCUT2D eigenvalue weighted by Crippen LogP contribution is 2.37. The van der Waals surface area contributed by atoms with Crippen molar-refractivity contribution in [2.75, 3.05) is 5.32 Å². The summed E-state index contributed by atoms with van der Waals surface area (Å²) in [5.41, 5.74) is 12.4. The Hall–Kier alpha value is -4.46. The van der Waals surface area contributed by atoms with Gasteiger partial charge in [0.1, 0.15) is 5.82 Å². The van der Waals surface area contributed by atoms with Gasteiger partial charge < -0.3 is 5.73 Å². The SMILES string of the molecule is Cc1cccc(-c2nn(-c3ccc(F)cc3)cc2[C@@H]2N=C(N)Nc3nc4ccccc4n32)c1. The number of halogens is 1. The summed E-state index contributed by atoms with van der Waals surface area (Å²) in [4.78, 5) is 9.43. The van der Waals surface area contributed by atoms with Gasteiger partial charge in [-0.15, -0.1) is 0 Å². The molecular weight excluding hydrogens is 417 g/mol. The fraction of sp³-hybridized carbons (Fsp3) is 0.0800. The van der Waals surface area contributed by atoms with Crippen LogP contribution in [0.15, 0.2) is 84.0 Å². The van der Waals surface area contributed by atoms with Crippen LogP contribution < -0.4 is 11.1 Å². The summed E-state index contributed by atoms with van der Waals surface area (Å²) in [6, 6.07) is 22.3. The van der Waals surface area contributed by atoms with Gasteiger partial charge in [-0.05, 0) is 49.4 Å². The number of hydrogen-bond acceptors (Lipinski definition) is 5. The predicted octanol–water partition coefficient (Wildman–Crippen LogP) is 4.62. The maximum Gasteiger partial charge on any atom is 0.212 e. The normalized spacial score (nSPS) is 15.2. The predicted molar refractivity (Wildman–Crippen MR) is 127 cm³/mol. The molecule has 0 fully saturated rings. The van der Waals surface area contributed by atoms with Gasteiger partial charge in [-0.1, -0.05) is 35.9 Å². The van der Waals surface area contributed by atoms with Crippen LogP contribution in [0.4, 0.5) is 10.3 Å². The molecule has 7 nitrogen and oxygen atoms in total. The number of para-hydroxylation sites is 2. The zero-order chi connectivity index (χ0) is 22.5. The molecule has 1 aliphatic rings. The second kappa shape index (κ2) is 7.30. The van der Waals surface area contributed by atoms with Gasteiger partial charge >= 0.3 is 0 Å². The lowest BCUT2D eigenvalue weighted by Gasteiger charge is -2.23. The average molecular weight is 437 g/mol. The molecule has 8 heteroatoms. The Balaban J connectivity index is 1.60. The van der Waals surface area contributed by atoms with Crippen molar-refractivity contribution in [1.29, 1.82) is 0 Å². The summed E-state index contributed by atoms with van der Waals surface area (Å²) in [5.74, 6) is 0.612. The van der Waals surface area contributed by atoms with Gasteiger partial charge in [-0.2, -0.15) is 5.10 Å². The molecule has 0 amide bonds. The third kappa shape index (κ3) is 3.23. The number of aliphatic imine (C=N–C) groups is 1. The lowest BCUT2D eigenvalue weighted by atomic mass is 10.0. The zero-order valence-electron chi connectivity index (χ0n) is 17.8. The van der Waals surface area contributed by atoms with Crippen molar-refractivity contribution in [2.24, 2.45) is 10.7 Å². The Morgan fingerprint density at radius 1 is 1.00 bits per heavy atom. The minimum absolute atomic E-state index is 0.285. The topological polar surface area (TPSA) is 86.1 Å². The highest BCUT2D eigenvalue weighted by atomic mass is 19.1. The second-order valence-electron chi connectivity index (χ2n) is 8.03. The first-order chi connectivity index (χ1) is 16.1. The van der Waals surface area contributed by atoms with E-state index in [0.717, 1.165) is 39.1 Å². The maximum atomic E-state index is 13.5. The van der Waals surface area contributed by atoms with Crippen molar-refractivity contribution in [3.8, 4) is 16.9 Å². The van der Waals surface area contributed by atoms with E-state index in [-0.39, 0.29) is 11.8 Å². The smallest absolute Gasteiger partial charge is 0.212 e. The van der Waals surface area contributed by atoms with Crippen LogP contribution >= 0.6 is 0 Å². The Morgan fingerprint density at radius 3 is 2.64 bits per heavy atom. The standard InChI is InChI=1S/C25H20FN7/c1-15-5-4-6-16(13-15)22-19(14-32(31-22)18-11-9-17(26)10-12-18)23-29-24(27)30-25-28-20-7-2-3-8-21(20)33(23)25/h2-14,23H,1H3,(H3,27,28,29,30)/t23-/m1/s1. The highest BCUT2D eigenvalue weighted by Gasteiger charge is 2.29. The van der Waals surface area contributed by atoms with Crippen LogP contribution in [-0.4, -0.2) is 25.3 Å². The zero-order valence-corrected chi connectivity index (χ0v) is 17.8. The minimum Gasteiger partial charge on any atom is -0.370 e. The molecule has 0 radical (unpaired) electrons. The first-order valence-electron chi connectivity index (χ1n) is 10.6. The Morgan fingerprint density at radius 2 is 1.82 bits per heavy atom. The number of anilines is 1. The third-order valence-electron chi connectivity index (χ3n) is 5.75.